The van der Waals surface area contributed by atoms with Crippen molar-refractivity contribution < 1.29 is 4.39 Å². The largest absolute Gasteiger partial charge is 0.326 e. The van der Waals surface area contributed by atoms with Crippen LogP contribution < -0.4 is 5.73 Å². The van der Waals surface area contributed by atoms with Crippen LogP contribution in [0, 0.1) is 5.82 Å². The molecular formula is C16H25FN2S. The Hall–Kier alpha value is -0.580. The van der Waals surface area contributed by atoms with Gasteiger partial charge in [0.1, 0.15) is 5.82 Å². The normalized spacial score (nSPS) is 22.4. The van der Waals surface area contributed by atoms with Gasteiger partial charge in [0.25, 0.3) is 0 Å². The van der Waals surface area contributed by atoms with Crippen molar-refractivity contribution in [3.05, 3.63) is 35.6 Å². The lowest BCUT2D eigenvalue weighted by molar-refractivity contribution is 0.161. The summed E-state index contributed by atoms with van der Waals surface area (Å²) in [7, 11) is 0. The predicted molar refractivity (Wildman–Crippen MR) is 85.5 cm³/mol. The van der Waals surface area contributed by atoms with E-state index in [4.69, 9.17) is 5.73 Å². The van der Waals surface area contributed by atoms with Gasteiger partial charge in [-0.1, -0.05) is 19.1 Å². The standard InChI is InChI=1S/C16H25FN2S/c1-4-14(18)15(12-5-7-13(17)8-6-12)19-9-10-20-16(2,3)11-19/h5-8,14-15H,4,9-11,18H2,1-3H3. The Kier molecular flexibility index (Phi) is 5.10. The molecule has 1 fully saturated rings. The van der Waals surface area contributed by atoms with Crippen LogP contribution in [0.2, 0.25) is 0 Å². The van der Waals surface area contributed by atoms with E-state index in [0.29, 0.717) is 0 Å². The molecule has 1 aliphatic rings. The van der Waals surface area contributed by atoms with Gasteiger partial charge in [-0.3, -0.25) is 4.90 Å². The summed E-state index contributed by atoms with van der Waals surface area (Å²) < 4.78 is 13.4. The molecule has 0 amide bonds. The molecule has 0 saturated carbocycles. The number of hydrogen-bond donors (Lipinski definition) is 1. The van der Waals surface area contributed by atoms with Crippen molar-refractivity contribution in [1.82, 2.24) is 4.90 Å². The van der Waals surface area contributed by atoms with Crippen LogP contribution in [0.3, 0.4) is 0 Å². The summed E-state index contributed by atoms with van der Waals surface area (Å²) in [5.41, 5.74) is 7.49. The lowest BCUT2D eigenvalue weighted by Gasteiger charge is -2.43. The molecule has 4 heteroatoms. The minimum absolute atomic E-state index is 0.0827. The van der Waals surface area contributed by atoms with E-state index in [1.54, 1.807) is 0 Å². The van der Waals surface area contributed by atoms with Gasteiger partial charge < -0.3 is 5.73 Å². The van der Waals surface area contributed by atoms with Crippen molar-refractivity contribution in [3.63, 3.8) is 0 Å². The first-order valence-corrected chi connectivity index (χ1v) is 8.30. The fourth-order valence-corrected chi connectivity index (χ4v) is 4.04. The number of hydrogen-bond acceptors (Lipinski definition) is 3. The first kappa shape index (κ1) is 15.8. The van der Waals surface area contributed by atoms with Gasteiger partial charge in [-0.05, 0) is 38.0 Å². The van der Waals surface area contributed by atoms with Crippen LogP contribution >= 0.6 is 11.8 Å². The Balaban J connectivity index is 2.25. The van der Waals surface area contributed by atoms with Crippen LogP contribution in [0.15, 0.2) is 24.3 Å². The van der Waals surface area contributed by atoms with Crippen molar-refractivity contribution in [2.75, 3.05) is 18.8 Å². The molecule has 20 heavy (non-hydrogen) atoms. The molecule has 1 saturated heterocycles. The predicted octanol–water partition coefficient (Wildman–Crippen LogP) is 3.43. The number of nitrogens with zero attached hydrogens (tertiary/aromatic N) is 1. The molecule has 2 atom stereocenters. The third-order valence-electron chi connectivity index (χ3n) is 3.94. The highest BCUT2D eigenvalue weighted by Crippen LogP contribution is 2.35. The maximum atomic E-state index is 13.2. The highest BCUT2D eigenvalue weighted by atomic mass is 32.2. The number of benzene rings is 1. The van der Waals surface area contributed by atoms with Crippen molar-refractivity contribution in [2.45, 2.75) is 44.0 Å². The Morgan fingerprint density at radius 3 is 2.55 bits per heavy atom. The first-order valence-electron chi connectivity index (χ1n) is 7.32. The highest BCUT2D eigenvalue weighted by Gasteiger charge is 2.33. The topological polar surface area (TPSA) is 29.3 Å². The highest BCUT2D eigenvalue weighted by molar-refractivity contribution is 8.00. The molecule has 0 aromatic heterocycles. The van der Waals surface area contributed by atoms with Crippen LogP contribution in [0.25, 0.3) is 0 Å². The molecule has 0 aliphatic carbocycles. The summed E-state index contributed by atoms with van der Waals surface area (Å²) in [4.78, 5) is 2.47. The average molecular weight is 296 g/mol. The van der Waals surface area contributed by atoms with Gasteiger partial charge in [-0.15, -0.1) is 0 Å². The Labute approximate surface area is 125 Å². The number of nitrogens with two attached hydrogens (primary N) is 1. The van der Waals surface area contributed by atoms with E-state index in [-0.39, 0.29) is 22.6 Å². The van der Waals surface area contributed by atoms with E-state index < -0.39 is 0 Å². The summed E-state index contributed by atoms with van der Waals surface area (Å²) in [6, 6.07) is 7.10. The molecule has 1 aliphatic heterocycles. The van der Waals surface area contributed by atoms with Crippen LogP contribution in [-0.4, -0.2) is 34.5 Å². The molecular weight excluding hydrogens is 271 g/mol. The van der Waals surface area contributed by atoms with Crippen LogP contribution in [-0.2, 0) is 0 Å². The molecule has 1 aromatic carbocycles. The molecule has 2 rings (SSSR count). The van der Waals surface area contributed by atoms with Crippen LogP contribution in [0.1, 0.15) is 38.8 Å². The summed E-state index contributed by atoms with van der Waals surface area (Å²) in [5, 5.41) is 0. The van der Waals surface area contributed by atoms with Gasteiger partial charge in [0, 0.05) is 35.7 Å². The molecule has 2 N–H and O–H groups in total. The van der Waals surface area contributed by atoms with Gasteiger partial charge in [-0.2, -0.15) is 11.8 Å². The molecule has 1 aromatic rings. The number of halogens is 1. The monoisotopic (exact) mass is 296 g/mol. The van der Waals surface area contributed by atoms with Gasteiger partial charge >= 0.3 is 0 Å². The molecule has 2 nitrogen and oxygen atoms in total. The second kappa shape index (κ2) is 6.46. The zero-order chi connectivity index (χ0) is 14.8. The summed E-state index contributed by atoms with van der Waals surface area (Å²) in [6.45, 7) is 8.74. The molecule has 2 unspecified atom stereocenters. The maximum Gasteiger partial charge on any atom is 0.123 e. The van der Waals surface area contributed by atoms with E-state index in [0.717, 1.165) is 30.8 Å². The quantitative estimate of drug-likeness (QED) is 0.923. The smallest absolute Gasteiger partial charge is 0.123 e. The molecule has 1 heterocycles. The van der Waals surface area contributed by atoms with Crippen LogP contribution in [0.5, 0.6) is 0 Å². The third kappa shape index (κ3) is 3.74. The van der Waals surface area contributed by atoms with Gasteiger partial charge in [0.15, 0.2) is 0 Å². The first-order chi connectivity index (χ1) is 9.43. The van der Waals surface area contributed by atoms with Gasteiger partial charge in [0.2, 0.25) is 0 Å². The maximum absolute atomic E-state index is 13.2. The lowest BCUT2D eigenvalue weighted by Crippen LogP contribution is -2.49. The molecule has 0 radical (unpaired) electrons. The van der Waals surface area contributed by atoms with E-state index >= 15 is 0 Å². The number of thioether (sulfide) groups is 1. The minimum Gasteiger partial charge on any atom is -0.326 e. The Morgan fingerprint density at radius 2 is 2.00 bits per heavy atom. The SMILES string of the molecule is CCC(N)C(c1ccc(F)cc1)N1CCSC(C)(C)C1. The number of rotatable bonds is 4. The fourth-order valence-electron chi connectivity index (χ4n) is 2.90. The summed E-state index contributed by atoms with van der Waals surface area (Å²) in [6.07, 6.45) is 0.923. The van der Waals surface area contributed by atoms with Crippen LogP contribution in [0.4, 0.5) is 4.39 Å². The van der Waals surface area contributed by atoms with E-state index in [2.05, 4.69) is 25.7 Å². The lowest BCUT2D eigenvalue weighted by atomic mass is 9.95. The zero-order valence-corrected chi connectivity index (χ0v) is 13.4. The second-order valence-electron chi connectivity index (χ2n) is 6.15. The summed E-state index contributed by atoms with van der Waals surface area (Å²) in [5.74, 6) is 0.938. The van der Waals surface area contributed by atoms with Crippen molar-refractivity contribution in [3.8, 4) is 0 Å². The average Bonchev–Trinajstić information content (AvgIpc) is 2.40. The van der Waals surface area contributed by atoms with Gasteiger partial charge in [-0.25, -0.2) is 4.39 Å². The molecule has 0 spiro atoms. The van der Waals surface area contributed by atoms with E-state index in [1.165, 1.54) is 12.1 Å². The van der Waals surface area contributed by atoms with E-state index in [1.807, 2.05) is 23.9 Å². The minimum atomic E-state index is -0.188. The summed E-state index contributed by atoms with van der Waals surface area (Å²) >= 11 is 2.02. The van der Waals surface area contributed by atoms with Gasteiger partial charge in [0.05, 0.1) is 0 Å². The molecule has 112 valence electrons. The van der Waals surface area contributed by atoms with Crippen molar-refractivity contribution in [1.29, 1.82) is 0 Å². The fraction of sp³-hybridized carbons (Fsp3) is 0.625. The second-order valence-corrected chi connectivity index (χ2v) is 7.95. The Bertz CT molecular complexity index is 433. The molecule has 0 bridgehead atoms. The third-order valence-corrected chi connectivity index (χ3v) is 5.23. The van der Waals surface area contributed by atoms with Crippen molar-refractivity contribution in [2.24, 2.45) is 5.73 Å². The van der Waals surface area contributed by atoms with E-state index in [9.17, 15) is 4.39 Å². The van der Waals surface area contributed by atoms with Crippen molar-refractivity contribution >= 4 is 11.8 Å². The Morgan fingerprint density at radius 1 is 1.35 bits per heavy atom. The zero-order valence-electron chi connectivity index (χ0n) is 12.6.